The van der Waals surface area contributed by atoms with E-state index in [-0.39, 0.29) is 18.1 Å². The Labute approximate surface area is 107 Å². The van der Waals surface area contributed by atoms with E-state index in [0.29, 0.717) is 5.65 Å². The van der Waals surface area contributed by atoms with Crippen LogP contribution in [0.15, 0.2) is 24.5 Å². The zero-order valence-corrected chi connectivity index (χ0v) is 10.2. The Bertz CT molecular complexity index is 583. The molecule has 2 heterocycles. The van der Waals surface area contributed by atoms with Gasteiger partial charge in [0.25, 0.3) is 6.43 Å². The average molecular weight is 270 g/mol. The van der Waals surface area contributed by atoms with E-state index in [2.05, 4.69) is 4.98 Å². The van der Waals surface area contributed by atoms with Crippen LogP contribution in [0.5, 0.6) is 5.75 Å². The third-order valence-electron chi connectivity index (χ3n) is 2.35. The Morgan fingerprint density at radius 1 is 1.53 bits per heavy atom. The zero-order valence-electron chi connectivity index (χ0n) is 10.2. The molecule has 0 unspecified atom stereocenters. The van der Waals surface area contributed by atoms with E-state index in [9.17, 15) is 13.6 Å². The molecule has 2 rings (SSSR count). The van der Waals surface area contributed by atoms with Crippen LogP contribution in [0, 0.1) is 0 Å². The smallest absolute Gasteiger partial charge is 0.356 e. The van der Waals surface area contributed by atoms with Crippen molar-refractivity contribution in [3.63, 3.8) is 0 Å². The first kappa shape index (κ1) is 13.3. The number of pyridine rings is 1. The number of hydrogen-bond acceptors (Lipinski definition) is 4. The fraction of sp³-hybridized carbons (Fsp3) is 0.333. The Kier molecular flexibility index (Phi) is 3.94. The summed E-state index contributed by atoms with van der Waals surface area (Å²) in [6.45, 7) is 1.29. The molecule has 2 aromatic rings. The van der Waals surface area contributed by atoms with Crippen LogP contribution >= 0.6 is 0 Å². The molecular formula is C12H12F2N2O3. The van der Waals surface area contributed by atoms with Gasteiger partial charge in [-0.05, 0) is 13.0 Å². The lowest BCUT2D eigenvalue weighted by Gasteiger charge is -2.06. The molecule has 0 fully saturated rings. The number of ether oxygens (including phenoxy) is 2. The number of nitrogens with zero attached hydrogens (tertiary/aromatic N) is 2. The van der Waals surface area contributed by atoms with Crippen LogP contribution in [-0.4, -0.2) is 35.0 Å². The number of halogens is 2. The Morgan fingerprint density at radius 2 is 2.32 bits per heavy atom. The maximum atomic E-state index is 12.0. The van der Waals surface area contributed by atoms with Gasteiger partial charge in [0, 0.05) is 12.3 Å². The quantitative estimate of drug-likeness (QED) is 0.781. The number of alkyl halides is 2. The summed E-state index contributed by atoms with van der Waals surface area (Å²) in [6, 6.07) is 2.96. The van der Waals surface area contributed by atoms with Gasteiger partial charge in [-0.2, -0.15) is 0 Å². The molecule has 0 saturated heterocycles. The fourth-order valence-electron chi connectivity index (χ4n) is 1.57. The number of rotatable bonds is 5. The van der Waals surface area contributed by atoms with Gasteiger partial charge in [0.2, 0.25) is 0 Å². The molecule has 0 saturated carbocycles. The van der Waals surface area contributed by atoms with Crippen molar-refractivity contribution in [1.29, 1.82) is 0 Å². The van der Waals surface area contributed by atoms with Gasteiger partial charge in [0.15, 0.2) is 5.69 Å². The summed E-state index contributed by atoms with van der Waals surface area (Å²) in [7, 11) is 0. The van der Waals surface area contributed by atoms with E-state index in [1.807, 2.05) is 0 Å². The number of aromatic nitrogens is 2. The largest absolute Gasteiger partial charge is 0.487 e. The second-order valence-corrected chi connectivity index (χ2v) is 3.66. The molecule has 0 N–H and O–H groups in total. The molecule has 0 spiro atoms. The highest BCUT2D eigenvalue weighted by Gasteiger charge is 2.13. The lowest BCUT2D eigenvalue weighted by Crippen LogP contribution is -2.09. The van der Waals surface area contributed by atoms with Crippen molar-refractivity contribution in [2.45, 2.75) is 13.3 Å². The minimum atomic E-state index is -2.54. The first-order chi connectivity index (χ1) is 9.11. The fourth-order valence-corrected chi connectivity index (χ4v) is 1.57. The van der Waals surface area contributed by atoms with Crippen LogP contribution in [0.2, 0.25) is 0 Å². The molecule has 0 aliphatic rings. The summed E-state index contributed by atoms with van der Waals surface area (Å²) < 4.78 is 35.3. The standard InChI is InChI=1S/C12H12F2N2O3/c1-2-18-12(17)9-6-15-11-5-8(3-4-16(9)11)19-7-10(13)14/h3-6,10H,2,7H2,1H3. The van der Waals surface area contributed by atoms with E-state index >= 15 is 0 Å². The second-order valence-electron chi connectivity index (χ2n) is 3.66. The van der Waals surface area contributed by atoms with Crippen LogP contribution in [0.3, 0.4) is 0 Å². The van der Waals surface area contributed by atoms with E-state index in [4.69, 9.17) is 9.47 Å². The highest BCUT2D eigenvalue weighted by molar-refractivity contribution is 5.88. The summed E-state index contributed by atoms with van der Waals surface area (Å²) in [5.74, 6) is -0.218. The molecule has 5 nitrogen and oxygen atoms in total. The minimum Gasteiger partial charge on any atom is -0.487 e. The highest BCUT2D eigenvalue weighted by Crippen LogP contribution is 2.16. The summed E-state index contributed by atoms with van der Waals surface area (Å²) >= 11 is 0. The molecule has 7 heteroatoms. The Morgan fingerprint density at radius 3 is 3.00 bits per heavy atom. The van der Waals surface area contributed by atoms with Crippen molar-refractivity contribution in [3.05, 3.63) is 30.2 Å². The van der Waals surface area contributed by atoms with E-state index in [0.717, 1.165) is 0 Å². The summed E-state index contributed by atoms with van der Waals surface area (Å²) in [4.78, 5) is 15.6. The minimum absolute atomic E-state index is 0.266. The maximum Gasteiger partial charge on any atom is 0.356 e. The van der Waals surface area contributed by atoms with Crippen LogP contribution in [0.1, 0.15) is 17.4 Å². The number of esters is 1. The number of carbonyl (C=O) groups is 1. The highest BCUT2D eigenvalue weighted by atomic mass is 19.3. The molecule has 0 aliphatic carbocycles. The van der Waals surface area contributed by atoms with Crippen molar-refractivity contribution in [2.75, 3.05) is 13.2 Å². The molecule has 19 heavy (non-hydrogen) atoms. The van der Waals surface area contributed by atoms with Crippen molar-refractivity contribution < 1.29 is 23.0 Å². The van der Waals surface area contributed by atoms with Crippen molar-refractivity contribution >= 4 is 11.6 Å². The van der Waals surface area contributed by atoms with Gasteiger partial charge in [-0.25, -0.2) is 18.6 Å². The molecule has 102 valence electrons. The van der Waals surface area contributed by atoms with Gasteiger partial charge in [-0.3, -0.25) is 4.40 Å². The van der Waals surface area contributed by atoms with E-state index in [1.165, 1.54) is 28.9 Å². The van der Waals surface area contributed by atoms with E-state index < -0.39 is 19.0 Å². The third-order valence-corrected chi connectivity index (χ3v) is 2.35. The van der Waals surface area contributed by atoms with Gasteiger partial charge < -0.3 is 9.47 Å². The van der Waals surface area contributed by atoms with Gasteiger partial charge in [-0.1, -0.05) is 0 Å². The van der Waals surface area contributed by atoms with Crippen molar-refractivity contribution in [1.82, 2.24) is 9.38 Å². The molecule has 2 aromatic heterocycles. The summed E-state index contributed by atoms with van der Waals surface area (Å²) in [6.07, 6.45) is 0.352. The van der Waals surface area contributed by atoms with Gasteiger partial charge in [-0.15, -0.1) is 0 Å². The van der Waals surface area contributed by atoms with Gasteiger partial charge >= 0.3 is 5.97 Å². The number of carbonyl (C=O) groups excluding carboxylic acids is 1. The Hall–Kier alpha value is -2.18. The van der Waals surface area contributed by atoms with E-state index in [1.54, 1.807) is 6.92 Å². The molecule has 0 atom stereocenters. The second kappa shape index (κ2) is 5.64. The number of fused-ring (bicyclic) bond motifs is 1. The molecule has 0 amide bonds. The average Bonchev–Trinajstić information content (AvgIpc) is 2.79. The Balaban J connectivity index is 2.24. The maximum absolute atomic E-state index is 12.0. The first-order valence-electron chi connectivity index (χ1n) is 5.67. The normalized spacial score (nSPS) is 10.9. The van der Waals surface area contributed by atoms with Crippen molar-refractivity contribution in [3.8, 4) is 5.75 Å². The number of imidazole rings is 1. The summed E-state index contributed by atoms with van der Waals surface area (Å²) in [5.41, 5.74) is 0.701. The predicted molar refractivity (Wildman–Crippen MR) is 62.6 cm³/mol. The van der Waals surface area contributed by atoms with Crippen LogP contribution in [0.25, 0.3) is 5.65 Å². The summed E-state index contributed by atoms with van der Waals surface area (Å²) in [5, 5.41) is 0. The zero-order chi connectivity index (χ0) is 13.8. The van der Waals surface area contributed by atoms with Gasteiger partial charge in [0.05, 0.1) is 12.8 Å². The SMILES string of the molecule is CCOC(=O)c1cnc2cc(OCC(F)F)ccn12. The molecule has 0 aromatic carbocycles. The van der Waals surface area contributed by atoms with Gasteiger partial charge in [0.1, 0.15) is 18.0 Å². The predicted octanol–water partition coefficient (Wildman–Crippen LogP) is 2.15. The van der Waals surface area contributed by atoms with Crippen LogP contribution in [0.4, 0.5) is 8.78 Å². The van der Waals surface area contributed by atoms with Crippen molar-refractivity contribution in [2.24, 2.45) is 0 Å². The first-order valence-corrected chi connectivity index (χ1v) is 5.67. The lowest BCUT2D eigenvalue weighted by molar-refractivity contribution is 0.0518. The monoisotopic (exact) mass is 270 g/mol. The topological polar surface area (TPSA) is 52.8 Å². The third kappa shape index (κ3) is 2.98. The molecule has 0 aliphatic heterocycles. The molecule has 0 radical (unpaired) electrons. The molecular weight excluding hydrogens is 258 g/mol. The van der Waals surface area contributed by atoms with Crippen LogP contribution < -0.4 is 4.74 Å². The lowest BCUT2D eigenvalue weighted by atomic mass is 10.4. The van der Waals surface area contributed by atoms with Crippen LogP contribution in [-0.2, 0) is 4.74 Å². The molecule has 0 bridgehead atoms. The number of hydrogen-bond donors (Lipinski definition) is 0.